The van der Waals surface area contributed by atoms with Gasteiger partial charge in [-0.25, -0.2) is 0 Å². The molecule has 36 heavy (non-hydrogen) atoms. The van der Waals surface area contributed by atoms with Crippen LogP contribution in [-0.2, 0) is 11.2 Å². The zero-order chi connectivity index (χ0) is 24.7. The number of hydrogen-bond donors (Lipinski definition) is 2. The summed E-state index contributed by atoms with van der Waals surface area (Å²) in [5, 5.41) is 2.46. The van der Waals surface area contributed by atoms with Gasteiger partial charge in [-0.15, -0.1) is 11.3 Å². The molecule has 1 unspecified atom stereocenters. The molecule has 2 aliphatic rings. The first kappa shape index (κ1) is 23.6. The Morgan fingerprint density at radius 1 is 1.17 bits per heavy atom. The van der Waals surface area contributed by atoms with Crippen molar-refractivity contribution >= 4 is 43.9 Å². The smallest absolute Gasteiger partial charge is 0.259 e. The highest BCUT2D eigenvalue weighted by atomic mass is 32.1. The van der Waals surface area contributed by atoms with E-state index in [0.29, 0.717) is 5.41 Å². The topological polar surface area (TPSA) is 71.4 Å². The number of thiophene rings is 1. The SMILES string of the molecule is CCCCC(Cc1c[nH]c2ccccc12)c1c(C(N)=O)sc2cc(N3CCC4(CC3)COC4)ccc12. The number of fused-ring (bicyclic) bond motifs is 2. The molecule has 2 saturated heterocycles. The Bertz CT molecular complexity index is 1390. The van der Waals surface area contributed by atoms with E-state index in [9.17, 15) is 4.79 Å². The van der Waals surface area contributed by atoms with Crippen LogP contribution in [0, 0.1) is 5.41 Å². The molecule has 2 aliphatic heterocycles. The molecule has 2 aromatic heterocycles. The molecule has 6 heteroatoms. The van der Waals surface area contributed by atoms with E-state index < -0.39 is 0 Å². The molecule has 6 rings (SSSR count). The number of nitrogens with two attached hydrogens (primary N) is 1. The molecule has 188 valence electrons. The molecule has 3 N–H and O–H groups in total. The van der Waals surface area contributed by atoms with E-state index in [2.05, 4.69) is 65.5 Å². The highest BCUT2D eigenvalue weighted by Crippen LogP contribution is 2.43. The average molecular weight is 502 g/mol. The van der Waals surface area contributed by atoms with Crippen molar-refractivity contribution in [3.8, 4) is 0 Å². The number of anilines is 1. The Kier molecular flexibility index (Phi) is 6.26. The van der Waals surface area contributed by atoms with Crippen LogP contribution in [0.25, 0.3) is 21.0 Å². The monoisotopic (exact) mass is 501 g/mol. The molecule has 2 fully saturated rings. The van der Waals surface area contributed by atoms with Crippen LogP contribution in [0.4, 0.5) is 5.69 Å². The Morgan fingerprint density at radius 2 is 1.97 bits per heavy atom. The van der Waals surface area contributed by atoms with Crippen LogP contribution in [0.1, 0.15) is 65.7 Å². The lowest BCUT2D eigenvalue weighted by Gasteiger charge is -2.47. The van der Waals surface area contributed by atoms with E-state index in [1.807, 2.05) is 0 Å². The normalized spacial score (nSPS) is 18.1. The molecule has 5 nitrogen and oxygen atoms in total. The first-order valence-corrected chi connectivity index (χ1v) is 14.1. The number of aromatic amines is 1. The van der Waals surface area contributed by atoms with Gasteiger partial charge in [0.25, 0.3) is 5.91 Å². The van der Waals surface area contributed by atoms with E-state index in [-0.39, 0.29) is 11.8 Å². The molecule has 1 amide bonds. The van der Waals surface area contributed by atoms with Crippen molar-refractivity contribution in [3.05, 3.63) is 64.7 Å². The first-order valence-electron chi connectivity index (χ1n) is 13.3. The van der Waals surface area contributed by atoms with Gasteiger partial charge in [-0.05, 0) is 66.3 Å². The molecule has 0 bridgehead atoms. The van der Waals surface area contributed by atoms with Gasteiger partial charge in [0.2, 0.25) is 0 Å². The number of aromatic nitrogens is 1. The Morgan fingerprint density at radius 3 is 2.69 bits per heavy atom. The summed E-state index contributed by atoms with van der Waals surface area (Å²) in [5.74, 6) is -0.0576. The standard InChI is InChI=1S/C30H35N3O2S/c1-2-3-6-20(15-21-17-32-25-8-5-4-7-23(21)25)27-24-10-9-22(16-26(24)36-28(27)29(31)34)33-13-11-30(12-14-33)18-35-19-30/h4-5,7-10,16-17,20,32H,2-3,6,11-15,18-19H2,1H3,(H2,31,34). The van der Waals surface area contributed by atoms with Crippen LogP contribution in [-0.4, -0.2) is 37.2 Å². The number of amides is 1. The van der Waals surface area contributed by atoms with Gasteiger partial charge >= 0.3 is 0 Å². The van der Waals surface area contributed by atoms with Gasteiger partial charge in [0.1, 0.15) is 0 Å². The third-order valence-electron chi connectivity index (χ3n) is 8.40. The van der Waals surface area contributed by atoms with Crippen LogP contribution < -0.4 is 10.6 Å². The molecular formula is C30H35N3O2S. The molecule has 0 saturated carbocycles. The number of unbranched alkanes of at least 4 members (excludes halogenated alkanes) is 1. The fourth-order valence-electron chi connectivity index (χ4n) is 6.17. The third-order valence-corrected chi connectivity index (χ3v) is 9.58. The Balaban J connectivity index is 1.35. The van der Waals surface area contributed by atoms with Crippen molar-refractivity contribution in [1.29, 1.82) is 0 Å². The summed E-state index contributed by atoms with van der Waals surface area (Å²) in [6.07, 6.45) is 8.71. The number of primary amides is 1. The van der Waals surface area contributed by atoms with Gasteiger partial charge < -0.3 is 20.4 Å². The van der Waals surface area contributed by atoms with E-state index in [0.717, 1.165) is 67.9 Å². The van der Waals surface area contributed by atoms with Crippen LogP contribution in [0.3, 0.4) is 0 Å². The summed E-state index contributed by atoms with van der Waals surface area (Å²) >= 11 is 1.57. The van der Waals surface area contributed by atoms with Crippen LogP contribution in [0.5, 0.6) is 0 Å². The van der Waals surface area contributed by atoms with Gasteiger partial charge in [-0.1, -0.05) is 44.0 Å². The molecule has 1 atom stereocenters. The van der Waals surface area contributed by atoms with E-state index in [1.165, 1.54) is 39.6 Å². The molecule has 1 spiro atoms. The molecule has 4 heterocycles. The van der Waals surface area contributed by atoms with Gasteiger partial charge in [0.05, 0.1) is 18.1 Å². The van der Waals surface area contributed by atoms with Gasteiger partial charge in [0, 0.05) is 46.0 Å². The summed E-state index contributed by atoms with van der Waals surface area (Å²) in [7, 11) is 0. The summed E-state index contributed by atoms with van der Waals surface area (Å²) in [5.41, 5.74) is 11.3. The second kappa shape index (κ2) is 9.56. The van der Waals surface area contributed by atoms with Crippen molar-refractivity contribution in [2.24, 2.45) is 11.1 Å². The maximum atomic E-state index is 12.7. The summed E-state index contributed by atoms with van der Waals surface area (Å²) in [4.78, 5) is 19.3. The predicted molar refractivity (Wildman–Crippen MR) is 149 cm³/mol. The minimum Gasteiger partial charge on any atom is -0.380 e. The summed E-state index contributed by atoms with van der Waals surface area (Å²) in [6.45, 7) is 6.20. The second-order valence-corrected chi connectivity index (χ2v) is 11.8. The van der Waals surface area contributed by atoms with Crippen molar-refractivity contribution < 1.29 is 9.53 Å². The maximum absolute atomic E-state index is 12.7. The van der Waals surface area contributed by atoms with E-state index in [4.69, 9.17) is 10.5 Å². The summed E-state index contributed by atoms with van der Waals surface area (Å²) < 4.78 is 6.67. The number of H-pyrrole nitrogens is 1. The lowest BCUT2D eigenvalue weighted by Crippen LogP contribution is -2.50. The number of nitrogens with one attached hydrogen (secondary N) is 1. The average Bonchev–Trinajstić information content (AvgIpc) is 3.47. The quantitative estimate of drug-likeness (QED) is 0.285. The Labute approximate surface area is 216 Å². The molecular weight excluding hydrogens is 466 g/mol. The van der Waals surface area contributed by atoms with Crippen molar-refractivity contribution in [2.75, 3.05) is 31.2 Å². The van der Waals surface area contributed by atoms with Gasteiger partial charge in [0.15, 0.2) is 0 Å². The Hall–Kier alpha value is -2.83. The highest BCUT2D eigenvalue weighted by molar-refractivity contribution is 7.21. The fourth-order valence-corrected chi connectivity index (χ4v) is 7.35. The van der Waals surface area contributed by atoms with Crippen LogP contribution in [0.15, 0.2) is 48.7 Å². The lowest BCUT2D eigenvalue weighted by molar-refractivity contribution is -0.124. The van der Waals surface area contributed by atoms with Crippen molar-refractivity contribution in [1.82, 2.24) is 4.98 Å². The number of carbonyl (C=O) groups is 1. The lowest BCUT2D eigenvalue weighted by atomic mass is 9.77. The van der Waals surface area contributed by atoms with Crippen molar-refractivity contribution in [3.63, 3.8) is 0 Å². The largest absolute Gasteiger partial charge is 0.380 e. The summed E-state index contributed by atoms with van der Waals surface area (Å²) in [6, 6.07) is 15.2. The zero-order valence-electron chi connectivity index (χ0n) is 21.0. The highest BCUT2D eigenvalue weighted by Gasteiger charge is 2.41. The number of ether oxygens (including phenoxy) is 1. The molecule has 4 aromatic rings. The number of nitrogens with zero attached hydrogens (tertiary/aromatic N) is 1. The van der Waals surface area contributed by atoms with Crippen LogP contribution in [0.2, 0.25) is 0 Å². The van der Waals surface area contributed by atoms with E-state index >= 15 is 0 Å². The van der Waals surface area contributed by atoms with E-state index in [1.54, 1.807) is 11.3 Å². The number of carbonyl (C=O) groups excluding carboxylic acids is 1. The third kappa shape index (κ3) is 4.20. The number of hydrogen-bond acceptors (Lipinski definition) is 4. The first-order chi connectivity index (χ1) is 17.6. The van der Waals surface area contributed by atoms with Gasteiger partial charge in [-0.2, -0.15) is 0 Å². The number of piperidine rings is 1. The molecule has 2 aromatic carbocycles. The van der Waals surface area contributed by atoms with Crippen molar-refractivity contribution in [2.45, 2.75) is 51.4 Å². The molecule has 0 aliphatic carbocycles. The minimum atomic E-state index is -0.307. The maximum Gasteiger partial charge on any atom is 0.259 e. The van der Waals surface area contributed by atoms with Gasteiger partial charge in [-0.3, -0.25) is 4.79 Å². The minimum absolute atomic E-state index is 0.250. The fraction of sp³-hybridized carbons (Fsp3) is 0.433. The van der Waals surface area contributed by atoms with Crippen LogP contribution >= 0.6 is 11.3 Å². The molecule has 0 radical (unpaired) electrons. The second-order valence-electron chi connectivity index (χ2n) is 10.8. The zero-order valence-corrected chi connectivity index (χ0v) is 21.8. The predicted octanol–water partition coefficient (Wildman–Crippen LogP) is 6.61. The number of benzene rings is 2. The number of para-hydroxylation sites is 1. The number of rotatable bonds is 8.